The van der Waals surface area contributed by atoms with Crippen LogP contribution in [0.15, 0.2) is 41.3 Å². The molecule has 5 nitrogen and oxygen atoms in total. The van der Waals surface area contributed by atoms with Crippen LogP contribution in [0, 0.1) is 0 Å². The molecule has 3 aromatic heterocycles. The Kier molecular flexibility index (Phi) is 3.31. The minimum absolute atomic E-state index is 0.149. The van der Waals surface area contributed by atoms with Crippen LogP contribution < -0.4 is 5.69 Å². The van der Waals surface area contributed by atoms with E-state index in [4.69, 9.17) is 11.6 Å². The summed E-state index contributed by atoms with van der Waals surface area (Å²) in [4.78, 5) is 25.0. The first-order valence-corrected chi connectivity index (χ1v) is 7.36. The van der Waals surface area contributed by atoms with E-state index in [0.717, 1.165) is 6.20 Å². The van der Waals surface area contributed by atoms with Gasteiger partial charge in [0.15, 0.2) is 5.65 Å². The maximum atomic E-state index is 12.6. The van der Waals surface area contributed by atoms with Crippen LogP contribution in [0.25, 0.3) is 33.3 Å². The molecule has 3 heterocycles. The van der Waals surface area contributed by atoms with Gasteiger partial charge in [0.05, 0.1) is 21.7 Å². The zero-order valence-electron chi connectivity index (χ0n) is 12.0. The van der Waals surface area contributed by atoms with Crippen LogP contribution in [0.5, 0.6) is 0 Å². The van der Waals surface area contributed by atoms with Gasteiger partial charge in [-0.1, -0.05) is 11.6 Å². The highest BCUT2D eigenvalue weighted by molar-refractivity contribution is 6.38. The fourth-order valence-corrected chi connectivity index (χ4v) is 2.87. The number of nitrogens with zero attached hydrogens (tertiary/aromatic N) is 2. The lowest BCUT2D eigenvalue weighted by Crippen LogP contribution is -1.99. The van der Waals surface area contributed by atoms with Crippen LogP contribution in [0.1, 0.15) is 12.0 Å². The molecular weight excluding hydrogens is 338 g/mol. The number of fused-ring (bicyclic) bond motifs is 2. The first kappa shape index (κ1) is 14.8. The largest absolute Gasteiger partial charge is 0.325 e. The highest BCUT2D eigenvalue weighted by Gasteiger charge is 2.13. The van der Waals surface area contributed by atoms with Gasteiger partial charge in [-0.25, -0.2) is 18.6 Å². The normalized spacial score (nSPS) is 11.7. The maximum absolute atomic E-state index is 12.6. The molecule has 0 saturated carbocycles. The lowest BCUT2D eigenvalue weighted by Gasteiger charge is -2.08. The van der Waals surface area contributed by atoms with Crippen molar-refractivity contribution in [2.45, 2.75) is 6.43 Å². The van der Waals surface area contributed by atoms with E-state index in [1.807, 2.05) is 0 Å². The number of hydrogen-bond donors (Lipinski definition) is 2. The highest BCUT2D eigenvalue weighted by atomic mass is 35.5. The minimum Gasteiger partial charge on any atom is -0.304 e. The van der Waals surface area contributed by atoms with Crippen molar-refractivity contribution >= 4 is 33.7 Å². The van der Waals surface area contributed by atoms with Crippen LogP contribution in [-0.4, -0.2) is 19.9 Å². The van der Waals surface area contributed by atoms with E-state index >= 15 is 0 Å². The van der Waals surface area contributed by atoms with Crippen LogP contribution in [0.4, 0.5) is 8.78 Å². The van der Waals surface area contributed by atoms with Crippen molar-refractivity contribution < 1.29 is 8.78 Å². The zero-order valence-corrected chi connectivity index (χ0v) is 12.7. The topological polar surface area (TPSA) is 74.4 Å². The lowest BCUT2D eigenvalue weighted by molar-refractivity contribution is 0.151. The van der Waals surface area contributed by atoms with E-state index in [1.165, 1.54) is 12.1 Å². The number of hydrogen-bond acceptors (Lipinski definition) is 3. The van der Waals surface area contributed by atoms with Crippen LogP contribution >= 0.6 is 11.6 Å². The number of pyridine rings is 2. The van der Waals surface area contributed by atoms with Gasteiger partial charge in [-0.05, 0) is 30.3 Å². The molecule has 8 heteroatoms. The van der Waals surface area contributed by atoms with Gasteiger partial charge in [0.25, 0.3) is 6.43 Å². The molecule has 0 aliphatic rings. The van der Waals surface area contributed by atoms with E-state index in [-0.39, 0.29) is 11.3 Å². The minimum atomic E-state index is -2.57. The molecule has 0 aliphatic heterocycles. The molecule has 0 amide bonds. The van der Waals surface area contributed by atoms with Gasteiger partial charge in [0, 0.05) is 22.7 Å². The second kappa shape index (κ2) is 5.38. The first-order valence-electron chi connectivity index (χ1n) is 6.98. The van der Waals surface area contributed by atoms with Crippen molar-refractivity contribution in [2.24, 2.45) is 0 Å². The van der Waals surface area contributed by atoms with E-state index in [9.17, 15) is 13.6 Å². The Bertz CT molecular complexity index is 1120. The smallest absolute Gasteiger partial charge is 0.304 e. The van der Waals surface area contributed by atoms with E-state index in [0.29, 0.717) is 38.3 Å². The Morgan fingerprint density at radius 1 is 1.12 bits per heavy atom. The summed E-state index contributed by atoms with van der Waals surface area (Å²) in [5.41, 5.74) is 2.16. The number of H-pyrrole nitrogens is 2. The summed E-state index contributed by atoms with van der Waals surface area (Å²) in [5, 5.41) is 1.03. The monoisotopic (exact) mass is 346 g/mol. The van der Waals surface area contributed by atoms with Crippen molar-refractivity contribution in [2.75, 3.05) is 0 Å². The number of aromatic nitrogens is 4. The molecule has 0 saturated heterocycles. The van der Waals surface area contributed by atoms with E-state index < -0.39 is 6.43 Å². The maximum Gasteiger partial charge on any atom is 0.325 e. The molecular formula is C16H9ClF2N4O. The predicted molar refractivity (Wildman–Crippen MR) is 87.4 cm³/mol. The van der Waals surface area contributed by atoms with Gasteiger partial charge in [-0.3, -0.25) is 9.97 Å². The quantitative estimate of drug-likeness (QED) is 0.575. The van der Waals surface area contributed by atoms with Crippen LogP contribution in [0.2, 0.25) is 5.02 Å². The molecule has 24 heavy (non-hydrogen) atoms. The van der Waals surface area contributed by atoms with E-state index in [2.05, 4.69) is 19.9 Å². The van der Waals surface area contributed by atoms with Crippen molar-refractivity contribution in [3.63, 3.8) is 0 Å². The predicted octanol–water partition coefficient (Wildman–Crippen LogP) is 4.06. The molecule has 0 radical (unpaired) electrons. The summed E-state index contributed by atoms with van der Waals surface area (Å²) in [6, 6.07) is 7.99. The molecule has 0 atom stereocenters. The number of benzene rings is 1. The Morgan fingerprint density at radius 2 is 1.96 bits per heavy atom. The van der Waals surface area contributed by atoms with Gasteiger partial charge in [0.1, 0.15) is 0 Å². The van der Waals surface area contributed by atoms with Crippen molar-refractivity contribution in [3.8, 4) is 11.3 Å². The van der Waals surface area contributed by atoms with Crippen LogP contribution in [-0.2, 0) is 0 Å². The zero-order chi connectivity index (χ0) is 16.8. The molecule has 0 spiro atoms. The SMILES string of the molecule is O=c1[nH]c2cc3c(Cl)c(-c4ccc(C(F)F)cn4)ccc3nc2[nH]1. The first-order chi connectivity index (χ1) is 11.5. The molecule has 120 valence electrons. The third kappa shape index (κ3) is 2.33. The lowest BCUT2D eigenvalue weighted by atomic mass is 10.1. The Balaban J connectivity index is 1.91. The number of aromatic amines is 2. The number of rotatable bonds is 2. The van der Waals surface area contributed by atoms with Gasteiger partial charge < -0.3 is 4.98 Å². The second-order valence-corrected chi connectivity index (χ2v) is 5.61. The van der Waals surface area contributed by atoms with Gasteiger partial charge >= 0.3 is 5.69 Å². The van der Waals surface area contributed by atoms with Crippen molar-refractivity contribution in [1.82, 2.24) is 19.9 Å². The average Bonchev–Trinajstić information content (AvgIpc) is 2.93. The molecule has 0 aliphatic carbocycles. The fraction of sp³-hybridized carbons (Fsp3) is 0.0625. The van der Waals surface area contributed by atoms with Gasteiger partial charge in [-0.2, -0.15) is 0 Å². The summed E-state index contributed by atoms with van der Waals surface area (Å²) in [6.45, 7) is 0. The fourth-order valence-electron chi connectivity index (χ4n) is 2.55. The van der Waals surface area contributed by atoms with Crippen molar-refractivity contribution in [1.29, 1.82) is 0 Å². The Labute approximate surface area is 138 Å². The van der Waals surface area contributed by atoms with Crippen LogP contribution in [0.3, 0.4) is 0 Å². The molecule has 0 fully saturated rings. The molecule has 4 rings (SSSR count). The summed E-state index contributed by atoms with van der Waals surface area (Å²) in [7, 11) is 0. The summed E-state index contributed by atoms with van der Waals surface area (Å²) in [5.74, 6) is 0. The molecule has 0 bridgehead atoms. The second-order valence-electron chi connectivity index (χ2n) is 5.23. The Morgan fingerprint density at radius 3 is 2.67 bits per heavy atom. The standard InChI is InChI=1S/C16H9ClF2N4O/c17-13-8(10-3-1-7(6-20-10)14(18)19)2-4-11-9(13)5-12-15(21-11)23-16(24)22-12/h1-6,14H,(H2,21,22,23,24). The number of imidazole rings is 1. The molecule has 0 unspecified atom stereocenters. The summed E-state index contributed by atoms with van der Waals surface area (Å²) in [6.07, 6.45) is -1.44. The number of nitrogens with one attached hydrogen (secondary N) is 2. The third-order valence-corrected chi connectivity index (χ3v) is 4.13. The van der Waals surface area contributed by atoms with Crippen molar-refractivity contribution in [3.05, 3.63) is 57.6 Å². The van der Waals surface area contributed by atoms with Gasteiger partial charge in [0.2, 0.25) is 0 Å². The molecule has 1 aromatic carbocycles. The number of halogens is 3. The highest BCUT2D eigenvalue weighted by Crippen LogP contribution is 2.34. The molecule has 2 N–H and O–H groups in total. The van der Waals surface area contributed by atoms with Gasteiger partial charge in [-0.15, -0.1) is 0 Å². The summed E-state index contributed by atoms with van der Waals surface area (Å²) >= 11 is 6.46. The summed E-state index contributed by atoms with van der Waals surface area (Å²) < 4.78 is 25.3. The third-order valence-electron chi connectivity index (χ3n) is 3.73. The van der Waals surface area contributed by atoms with E-state index in [1.54, 1.807) is 18.2 Å². The number of alkyl halides is 2. The average molecular weight is 347 g/mol. The molecule has 4 aromatic rings. The Hall–Kier alpha value is -2.80.